The van der Waals surface area contributed by atoms with Gasteiger partial charge in [-0.15, -0.1) is 0 Å². The smallest absolute Gasteiger partial charge is 0.342 e. The standard InChI is InChI=1S/C24H27NO5/c1-15(10-12-20(26)25-13-17-7-5-4-6-8-17)9-11-18-22(27)21-19(14-30-24(21)28)16(2)23(18)29-3/h4-9,27H,10-14H2,1-3H3,(H,25,26)/b15-9+. The molecular weight excluding hydrogens is 382 g/mol. The highest BCUT2D eigenvalue weighted by Gasteiger charge is 2.31. The van der Waals surface area contributed by atoms with Crippen LogP contribution in [-0.4, -0.2) is 24.1 Å². The van der Waals surface area contributed by atoms with Gasteiger partial charge in [-0.2, -0.15) is 0 Å². The Hall–Kier alpha value is -3.28. The third kappa shape index (κ3) is 4.64. The van der Waals surface area contributed by atoms with E-state index in [0.29, 0.717) is 42.7 Å². The first kappa shape index (κ1) is 21.4. The summed E-state index contributed by atoms with van der Waals surface area (Å²) in [6.45, 7) is 4.47. The van der Waals surface area contributed by atoms with E-state index in [0.717, 1.165) is 16.7 Å². The van der Waals surface area contributed by atoms with Crippen LogP contribution in [0.4, 0.5) is 0 Å². The summed E-state index contributed by atoms with van der Waals surface area (Å²) in [6, 6.07) is 9.77. The molecule has 1 amide bonds. The van der Waals surface area contributed by atoms with E-state index < -0.39 is 5.97 Å². The Labute approximate surface area is 176 Å². The first-order valence-corrected chi connectivity index (χ1v) is 9.97. The number of allylic oxidation sites excluding steroid dienone is 2. The zero-order valence-electron chi connectivity index (χ0n) is 17.6. The zero-order valence-corrected chi connectivity index (χ0v) is 17.6. The minimum Gasteiger partial charge on any atom is -0.507 e. The number of rotatable bonds is 8. The molecule has 6 heteroatoms. The van der Waals surface area contributed by atoms with Crippen molar-refractivity contribution in [2.24, 2.45) is 0 Å². The van der Waals surface area contributed by atoms with E-state index in [1.54, 1.807) is 7.11 Å². The van der Waals surface area contributed by atoms with Gasteiger partial charge in [0.15, 0.2) is 0 Å². The number of hydrogen-bond donors (Lipinski definition) is 2. The fourth-order valence-electron chi connectivity index (χ4n) is 3.60. The molecule has 3 rings (SSSR count). The summed E-state index contributed by atoms with van der Waals surface area (Å²) in [5, 5.41) is 13.6. The highest BCUT2D eigenvalue weighted by molar-refractivity contribution is 5.98. The monoisotopic (exact) mass is 409 g/mol. The number of nitrogens with one attached hydrogen (secondary N) is 1. The van der Waals surface area contributed by atoms with Gasteiger partial charge in [-0.3, -0.25) is 4.79 Å². The highest BCUT2D eigenvalue weighted by Crippen LogP contribution is 2.42. The maximum absolute atomic E-state index is 12.1. The molecule has 158 valence electrons. The van der Waals surface area contributed by atoms with Crippen LogP contribution in [-0.2, 0) is 29.1 Å². The number of hydrogen-bond acceptors (Lipinski definition) is 5. The molecule has 6 nitrogen and oxygen atoms in total. The van der Waals surface area contributed by atoms with Gasteiger partial charge < -0.3 is 19.9 Å². The second-order valence-electron chi connectivity index (χ2n) is 7.43. The fourth-order valence-corrected chi connectivity index (χ4v) is 3.60. The molecule has 0 fully saturated rings. The average Bonchev–Trinajstić information content (AvgIpc) is 3.15. The molecule has 0 unspecified atom stereocenters. The number of aromatic hydroxyl groups is 1. The molecule has 30 heavy (non-hydrogen) atoms. The molecule has 1 aliphatic heterocycles. The Bertz CT molecular complexity index is 979. The Morgan fingerprint density at radius 1 is 1.27 bits per heavy atom. The predicted molar refractivity (Wildman–Crippen MR) is 113 cm³/mol. The Morgan fingerprint density at radius 3 is 2.70 bits per heavy atom. The number of ether oxygens (including phenoxy) is 2. The summed E-state index contributed by atoms with van der Waals surface area (Å²) in [5.41, 5.74) is 4.35. The molecule has 0 saturated heterocycles. The van der Waals surface area contributed by atoms with Crippen molar-refractivity contribution in [3.8, 4) is 11.5 Å². The molecule has 2 aromatic rings. The molecule has 1 heterocycles. The number of carbonyl (C=O) groups is 2. The molecule has 0 atom stereocenters. The number of phenols is 1. The maximum atomic E-state index is 12.1. The maximum Gasteiger partial charge on any atom is 0.342 e. The van der Waals surface area contributed by atoms with Gasteiger partial charge in [0.05, 0.1) is 7.11 Å². The van der Waals surface area contributed by atoms with Crippen LogP contribution in [0.3, 0.4) is 0 Å². The number of phenolic OH excluding ortho intramolecular Hbond substituents is 1. The molecule has 2 aromatic carbocycles. The summed E-state index contributed by atoms with van der Waals surface area (Å²) >= 11 is 0. The Balaban J connectivity index is 1.63. The first-order chi connectivity index (χ1) is 14.4. The lowest BCUT2D eigenvalue weighted by Gasteiger charge is -2.15. The van der Waals surface area contributed by atoms with E-state index in [1.165, 1.54) is 0 Å². The van der Waals surface area contributed by atoms with E-state index in [2.05, 4.69) is 5.32 Å². The van der Waals surface area contributed by atoms with E-state index in [1.807, 2.05) is 50.3 Å². The molecule has 0 spiro atoms. The highest BCUT2D eigenvalue weighted by atomic mass is 16.5. The summed E-state index contributed by atoms with van der Waals surface area (Å²) in [7, 11) is 1.54. The molecule has 0 bridgehead atoms. The summed E-state index contributed by atoms with van der Waals surface area (Å²) < 4.78 is 10.6. The van der Waals surface area contributed by atoms with Crippen molar-refractivity contribution in [1.82, 2.24) is 5.32 Å². The van der Waals surface area contributed by atoms with Crippen molar-refractivity contribution in [3.05, 3.63) is 69.8 Å². The van der Waals surface area contributed by atoms with Gasteiger partial charge in [-0.1, -0.05) is 42.0 Å². The number of methoxy groups -OCH3 is 1. The van der Waals surface area contributed by atoms with Gasteiger partial charge in [-0.25, -0.2) is 4.79 Å². The minimum absolute atomic E-state index is 0.0110. The number of fused-ring (bicyclic) bond motifs is 1. The molecular formula is C24H27NO5. The van der Waals surface area contributed by atoms with E-state index in [4.69, 9.17) is 9.47 Å². The molecule has 2 N–H and O–H groups in total. The van der Waals surface area contributed by atoms with Gasteiger partial charge in [0.1, 0.15) is 23.7 Å². The van der Waals surface area contributed by atoms with Crippen molar-refractivity contribution in [3.63, 3.8) is 0 Å². The Morgan fingerprint density at radius 2 is 2.00 bits per heavy atom. The first-order valence-electron chi connectivity index (χ1n) is 9.97. The van der Waals surface area contributed by atoms with Crippen molar-refractivity contribution >= 4 is 11.9 Å². The predicted octanol–water partition coefficient (Wildman–Crippen LogP) is 3.97. The van der Waals surface area contributed by atoms with Crippen molar-refractivity contribution in [2.75, 3.05) is 7.11 Å². The van der Waals surface area contributed by atoms with Crippen LogP contribution < -0.4 is 10.1 Å². The van der Waals surface area contributed by atoms with E-state index >= 15 is 0 Å². The van der Waals surface area contributed by atoms with Gasteiger partial charge in [0.25, 0.3) is 0 Å². The lowest BCUT2D eigenvalue weighted by Crippen LogP contribution is -2.22. The Kier molecular flexibility index (Phi) is 6.77. The van der Waals surface area contributed by atoms with Crippen LogP contribution in [0.1, 0.15) is 52.4 Å². The lowest BCUT2D eigenvalue weighted by atomic mass is 9.94. The molecule has 1 aliphatic rings. The number of esters is 1. The van der Waals surface area contributed by atoms with Crippen LogP contribution >= 0.6 is 0 Å². The fraction of sp³-hybridized carbons (Fsp3) is 0.333. The van der Waals surface area contributed by atoms with Crippen LogP contribution in [0.25, 0.3) is 0 Å². The number of carbonyl (C=O) groups excluding carboxylic acids is 2. The number of cyclic esters (lactones) is 1. The van der Waals surface area contributed by atoms with Gasteiger partial charge >= 0.3 is 5.97 Å². The minimum atomic E-state index is -0.509. The second kappa shape index (κ2) is 9.48. The summed E-state index contributed by atoms with van der Waals surface area (Å²) in [4.78, 5) is 24.1. The quantitative estimate of drug-likeness (QED) is 0.509. The summed E-state index contributed by atoms with van der Waals surface area (Å²) in [5.74, 6) is -0.0396. The van der Waals surface area contributed by atoms with Crippen LogP contribution in [0, 0.1) is 6.92 Å². The molecule has 0 radical (unpaired) electrons. The molecule has 0 aromatic heterocycles. The SMILES string of the molecule is COc1c(C)c2c(c(O)c1C/C=C(\C)CCC(=O)NCc1ccccc1)C(=O)OC2. The lowest BCUT2D eigenvalue weighted by molar-refractivity contribution is -0.121. The van der Waals surface area contributed by atoms with Crippen LogP contribution in [0.5, 0.6) is 11.5 Å². The molecule has 0 saturated carbocycles. The van der Waals surface area contributed by atoms with Gasteiger partial charge in [-0.05, 0) is 37.8 Å². The third-order valence-corrected chi connectivity index (χ3v) is 5.38. The van der Waals surface area contributed by atoms with Crippen molar-refractivity contribution in [1.29, 1.82) is 0 Å². The van der Waals surface area contributed by atoms with Crippen LogP contribution in [0.15, 0.2) is 42.0 Å². The van der Waals surface area contributed by atoms with E-state index in [-0.39, 0.29) is 23.8 Å². The average molecular weight is 409 g/mol. The van der Waals surface area contributed by atoms with Crippen molar-refractivity contribution in [2.45, 2.75) is 46.3 Å². The second-order valence-corrected chi connectivity index (χ2v) is 7.43. The molecule has 0 aliphatic carbocycles. The third-order valence-electron chi connectivity index (χ3n) is 5.38. The number of benzene rings is 2. The largest absolute Gasteiger partial charge is 0.507 e. The topological polar surface area (TPSA) is 84.9 Å². The van der Waals surface area contributed by atoms with Gasteiger partial charge in [0, 0.05) is 24.1 Å². The van der Waals surface area contributed by atoms with Crippen molar-refractivity contribution < 1.29 is 24.2 Å². The number of amides is 1. The van der Waals surface area contributed by atoms with Crippen LogP contribution in [0.2, 0.25) is 0 Å². The normalized spacial score (nSPS) is 13.0. The van der Waals surface area contributed by atoms with E-state index in [9.17, 15) is 14.7 Å². The van der Waals surface area contributed by atoms with Gasteiger partial charge in [0.2, 0.25) is 5.91 Å². The zero-order chi connectivity index (χ0) is 21.7. The summed E-state index contributed by atoms with van der Waals surface area (Å²) in [6.07, 6.45) is 3.34.